The fourth-order valence-electron chi connectivity index (χ4n) is 4.26. The van der Waals surface area contributed by atoms with Crippen LogP contribution in [0.2, 0.25) is 0 Å². The standard InChI is InChI=1S/C21H22F4N4O/c1-13-11-29(12-19-27-20-18(28(19)2)4-3-8-26-20)9-7-15(13)16-6-5-14(10-17(16)22)30-21(23,24)25/h3-6,8,10,13,15H,7,9,11-12H2,1-2H3/t13-,15+/m1/s1. The zero-order valence-electron chi connectivity index (χ0n) is 16.7. The van der Waals surface area contributed by atoms with Gasteiger partial charge in [-0.25, -0.2) is 14.4 Å². The summed E-state index contributed by atoms with van der Waals surface area (Å²) in [6.45, 7) is 4.17. The smallest absolute Gasteiger partial charge is 0.406 e. The van der Waals surface area contributed by atoms with Crippen LogP contribution >= 0.6 is 0 Å². The minimum absolute atomic E-state index is 0.0664. The molecule has 0 unspecified atom stereocenters. The van der Waals surface area contributed by atoms with Gasteiger partial charge in [-0.2, -0.15) is 0 Å². The van der Waals surface area contributed by atoms with Crippen molar-refractivity contribution in [2.75, 3.05) is 13.1 Å². The van der Waals surface area contributed by atoms with Gasteiger partial charge in [-0.3, -0.25) is 4.90 Å². The molecule has 3 aromatic rings. The molecule has 0 radical (unpaired) electrons. The SMILES string of the molecule is C[C@@H]1CN(Cc2nc3ncccc3n2C)CC[C@@H]1c1ccc(OC(F)(F)F)cc1F. The number of halogens is 4. The lowest BCUT2D eigenvalue weighted by Gasteiger charge is -2.37. The molecule has 30 heavy (non-hydrogen) atoms. The van der Waals surface area contributed by atoms with Crippen LogP contribution in [-0.2, 0) is 13.6 Å². The molecule has 0 aliphatic carbocycles. The summed E-state index contributed by atoms with van der Waals surface area (Å²) in [5, 5.41) is 0. The number of likely N-dealkylation sites (tertiary alicyclic amines) is 1. The fraction of sp³-hybridized carbons (Fsp3) is 0.429. The molecule has 2 atom stereocenters. The lowest BCUT2D eigenvalue weighted by Crippen LogP contribution is -2.38. The zero-order valence-corrected chi connectivity index (χ0v) is 16.7. The maximum atomic E-state index is 14.5. The molecule has 1 aliphatic heterocycles. The minimum atomic E-state index is -4.84. The predicted molar refractivity (Wildman–Crippen MR) is 103 cm³/mol. The van der Waals surface area contributed by atoms with E-state index in [-0.39, 0.29) is 11.8 Å². The van der Waals surface area contributed by atoms with Crippen molar-refractivity contribution in [1.82, 2.24) is 19.4 Å². The summed E-state index contributed by atoms with van der Waals surface area (Å²) in [4.78, 5) is 11.2. The van der Waals surface area contributed by atoms with E-state index in [0.717, 1.165) is 30.5 Å². The highest BCUT2D eigenvalue weighted by molar-refractivity contribution is 5.71. The van der Waals surface area contributed by atoms with Gasteiger partial charge in [0.1, 0.15) is 17.4 Å². The topological polar surface area (TPSA) is 43.2 Å². The van der Waals surface area contributed by atoms with Crippen LogP contribution < -0.4 is 4.74 Å². The van der Waals surface area contributed by atoms with Gasteiger partial charge in [-0.1, -0.05) is 13.0 Å². The van der Waals surface area contributed by atoms with E-state index in [9.17, 15) is 17.6 Å². The van der Waals surface area contributed by atoms with Gasteiger partial charge in [0.05, 0.1) is 12.1 Å². The molecule has 3 heterocycles. The summed E-state index contributed by atoms with van der Waals surface area (Å²) in [5.74, 6) is -0.222. The van der Waals surface area contributed by atoms with E-state index in [2.05, 4.69) is 19.6 Å². The van der Waals surface area contributed by atoms with Crippen molar-refractivity contribution in [2.24, 2.45) is 13.0 Å². The number of pyridine rings is 1. The van der Waals surface area contributed by atoms with E-state index < -0.39 is 17.9 Å². The van der Waals surface area contributed by atoms with E-state index in [1.807, 2.05) is 30.7 Å². The Morgan fingerprint density at radius 3 is 2.70 bits per heavy atom. The van der Waals surface area contributed by atoms with Gasteiger partial charge in [0, 0.05) is 25.9 Å². The number of ether oxygens (including phenoxy) is 1. The zero-order chi connectivity index (χ0) is 21.5. The summed E-state index contributed by atoms with van der Waals surface area (Å²) in [6, 6.07) is 7.25. The second-order valence-corrected chi connectivity index (χ2v) is 7.77. The molecule has 0 N–H and O–H groups in total. The number of alkyl halides is 3. The summed E-state index contributed by atoms with van der Waals surface area (Å²) in [6.07, 6.45) is -2.41. The Labute approximate surface area is 171 Å². The van der Waals surface area contributed by atoms with Crippen molar-refractivity contribution in [3.8, 4) is 5.75 Å². The summed E-state index contributed by atoms with van der Waals surface area (Å²) < 4.78 is 57.4. The van der Waals surface area contributed by atoms with Crippen molar-refractivity contribution in [3.63, 3.8) is 0 Å². The maximum absolute atomic E-state index is 14.5. The number of fused-ring (bicyclic) bond motifs is 1. The number of rotatable bonds is 4. The first-order valence-electron chi connectivity index (χ1n) is 9.75. The third-order valence-electron chi connectivity index (χ3n) is 5.71. The highest BCUT2D eigenvalue weighted by Gasteiger charge is 2.33. The number of imidazole rings is 1. The highest BCUT2D eigenvalue weighted by atomic mass is 19.4. The molecule has 9 heteroatoms. The van der Waals surface area contributed by atoms with Gasteiger partial charge in [0.2, 0.25) is 0 Å². The van der Waals surface area contributed by atoms with Gasteiger partial charge in [0.15, 0.2) is 5.65 Å². The first kappa shape index (κ1) is 20.6. The Hall–Kier alpha value is -2.68. The Balaban J connectivity index is 1.44. The number of piperidine rings is 1. The Morgan fingerprint density at radius 2 is 2.03 bits per heavy atom. The van der Waals surface area contributed by atoms with Crippen molar-refractivity contribution < 1.29 is 22.3 Å². The molecule has 1 aliphatic rings. The Morgan fingerprint density at radius 1 is 1.23 bits per heavy atom. The van der Waals surface area contributed by atoms with E-state index in [0.29, 0.717) is 24.2 Å². The van der Waals surface area contributed by atoms with Gasteiger partial charge >= 0.3 is 6.36 Å². The van der Waals surface area contributed by atoms with Gasteiger partial charge < -0.3 is 9.30 Å². The number of hydrogen-bond acceptors (Lipinski definition) is 4. The van der Waals surface area contributed by atoms with Gasteiger partial charge in [0.25, 0.3) is 0 Å². The third kappa shape index (κ3) is 4.26. The van der Waals surface area contributed by atoms with Crippen LogP contribution in [0.25, 0.3) is 11.2 Å². The highest BCUT2D eigenvalue weighted by Crippen LogP contribution is 2.36. The molecule has 0 saturated carbocycles. The quantitative estimate of drug-likeness (QED) is 0.575. The summed E-state index contributed by atoms with van der Waals surface area (Å²) in [5.41, 5.74) is 2.11. The molecule has 0 spiro atoms. The van der Waals surface area contributed by atoms with Crippen molar-refractivity contribution >= 4 is 11.2 Å². The fourth-order valence-corrected chi connectivity index (χ4v) is 4.26. The molecular formula is C21H22F4N4O. The van der Waals surface area contributed by atoms with Crippen LogP contribution in [-0.4, -0.2) is 38.9 Å². The third-order valence-corrected chi connectivity index (χ3v) is 5.71. The van der Waals surface area contributed by atoms with Crippen LogP contribution in [0, 0.1) is 11.7 Å². The van der Waals surface area contributed by atoms with Crippen LogP contribution in [0.15, 0.2) is 36.5 Å². The molecule has 0 amide bonds. The number of aromatic nitrogens is 3. The van der Waals surface area contributed by atoms with E-state index >= 15 is 0 Å². The van der Waals surface area contributed by atoms with E-state index in [1.54, 1.807) is 6.20 Å². The lowest BCUT2D eigenvalue weighted by atomic mass is 9.81. The number of nitrogens with zero attached hydrogens (tertiary/aromatic N) is 4. The number of aryl methyl sites for hydroxylation is 1. The molecule has 1 fully saturated rings. The lowest BCUT2D eigenvalue weighted by molar-refractivity contribution is -0.274. The molecule has 4 rings (SSSR count). The Kier molecular flexibility index (Phi) is 5.40. The van der Waals surface area contributed by atoms with Crippen LogP contribution in [0.4, 0.5) is 17.6 Å². The van der Waals surface area contributed by atoms with Crippen molar-refractivity contribution in [1.29, 1.82) is 0 Å². The number of hydrogen-bond donors (Lipinski definition) is 0. The van der Waals surface area contributed by atoms with Crippen molar-refractivity contribution in [2.45, 2.75) is 32.2 Å². The number of benzene rings is 1. The average Bonchev–Trinajstić information content (AvgIpc) is 2.97. The summed E-state index contributed by atoms with van der Waals surface area (Å²) in [7, 11) is 1.96. The predicted octanol–water partition coefficient (Wildman–Crippen LogP) is 4.63. The summed E-state index contributed by atoms with van der Waals surface area (Å²) >= 11 is 0. The van der Waals surface area contributed by atoms with Crippen LogP contribution in [0.1, 0.15) is 30.7 Å². The average molecular weight is 422 g/mol. The normalized spacial score (nSPS) is 20.6. The van der Waals surface area contributed by atoms with E-state index in [1.165, 1.54) is 12.1 Å². The second-order valence-electron chi connectivity index (χ2n) is 7.77. The second kappa shape index (κ2) is 7.86. The van der Waals surface area contributed by atoms with Crippen LogP contribution in [0.3, 0.4) is 0 Å². The molecule has 160 valence electrons. The monoisotopic (exact) mass is 422 g/mol. The minimum Gasteiger partial charge on any atom is -0.406 e. The molecule has 5 nitrogen and oxygen atoms in total. The molecular weight excluding hydrogens is 400 g/mol. The molecule has 2 aromatic heterocycles. The molecule has 0 bridgehead atoms. The maximum Gasteiger partial charge on any atom is 0.573 e. The van der Waals surface area contributed by atoms with Gasteiger partial charge in [-0.15, -0.1) is 13.2 Å². The molecule has 1 aromatic carbocycles. The largest absolute Gasteiger partial charge is 0.573 e. The Bertz CT molecular complexity index is 1050. The first-order chi connectivity index (χ1) is 14.2. The van der Waals surface area contributed by atoms with E-state index in [4.69, 9.17) is 0 Å². The van der Waals surface area contributed by atoms with Crippen molar-refractivity contribution in [3.05, 3.63) is 53.7 Å². The molecule has 1 saturated heterocycles. The first-order valence-corrected chi connectivity index (χ1v) is 9.75. The van der Waals surface area contributed by atoms with Crippen LogP contribution in [0.5, 0.6) is 5.75 Å². The van der Waals surface area contributed by atoms with Gasteiger partial charge in [-0.05, 0) is 48.6 Å².